The van der Waals surface area contributed by atoms with E-state index >= 15 is 0 Å². The van der Waals surface area contributed by atoms with Gasteiger partial charge in [-0.3, -0.25) is 9.44 Å². The minimum atomic E-state index is -3.67. The van der Waals surface area contributed by atoms with Crippen LogP contribution in [0.25, 0.3) is 0 Å². The second kappa shape index (κ2) is 9.48. The Morgan fingerprint density at radius 1 is 0.455 bits per heavy atom. The lowest BCUT2D eigenvalue weighted by molar-refractivity contribution is 0.599. The monoisotopic (exact) mass is 478 g/mol. The molecule has 6 nitrogen and oxygen atoms in total. The zero-order chi connectivity index (χ0) is 23.3. The van der Waals surface area contributed by atoms with Crippen molar-refractivity contribution >= 4 is 31.4 Å². The maximum Gasteiger partial charge on any atom is 0.261 e. The fourth-order valence-electron chi connectivity index (χ4n) is 3.25. The van der Waals surface area contributed by atoms with Crippen LogP contribution < -0.4 is 9.44 Å². The van der Waals surface area contributed by atoms with Gasteiger partial charge in [0.25, 0.3) is 20.0 Å². The van der Waals surface area contributed by atoms with Crippen molar-refractivity contribution in [3.8, 4) is 0 Å². The van der Waals surface area contributed by atoms with Crippen molar-refractivity contribution < 1.29 is 16.8 Å². The average molecular weight is 479 g/mol. The summed E-state index contributed by atoms with van der Waals surface area (Å²) in [4.78, 5) is 0.340. The summed E-state index contributed by atoms with van der Waals surface area (Å²) in [7, 11) is -7.35. The number of hydrogen-bond donors (Lipinski definition) is 2. The molecule has 8 heteroatoms. The van der Waals surface area contributed by atoms with Crippen molar-refractivity contribution in [2.45, 2.75) is 16.2 Å². The van der Waals surface area contributed by atoms with Crippen LogP contribution in [0.4, 0.5) is 11.4 Å². The molecule has 0 unspecified atom stereocenters. The standard InChI is InChI=1S/C25H22N2O4S2/c28-32(29,26-22-7-3-1-4-8-22)24-15-11-20(12-16-24)19-21-13-17-25(18-14-21)33(30,31)27-23-9-5-2-6-10-23/h1-18,26-27H,19H2. The molecule has 0 amide bonds. The molecule has 168 valence electrons. The van der Waals surface area contributed by atoms with Crippen molar-refractivity contribution in [1.29, 1.82) is 0 Å². The minimum Gasteiger partial charge on any atom is -0.280 e. The van der Waals surface area contributed by atoms with Gasteiger partial charge in [-0.25, -0.2) is 16.8 Å². The molecule has 0 fully saturated rings. The maximum atomic E-state index is 12.6. The number of benzene rings is 4. The molecule has 0 saturated carbocycles. The summed E-state index contributed by atoms with van der Waals surface area (Å²) in [6.07, 6.45) is 0.541. The highest BCUT2D eigenvalue weighted by Crippen LogP contribution is 2.20. The molecule has 0 aliphatic carbocycles. The Morgan fingerprint density at radius 2 is 0.788 bits per heavy atom. The van der Waals surface area contributed by atoms with Crippen LogP contribution in [0.1, 0.15) is 11.1 Å². The second-order valence-electron chi connectivity index (χ2n) is 7.41. The lowest BCUT2D eigenvalue weighted by Gasteiger charge is -2.10. The molecular weight excluding hydrogens is 456 g/mol. The molecule has 0 radical (unpaired) electrons. The Hall–Kier alpha value is -3.62. The number of hydrogen-bond acceptors (Lipinski definition) is 4. The van der Waals surface area contributed by atoms with Gasteiger partial charge in [0.15, 0.2) is 0 Å². The number of sulfonamides is 2. The van der Waals surface area contributed by atoms with E-state index in [1.165, 1.54) is 0 Å². The summed E-state index contributed by atoms with van der Waals surface area (Å²) < 4.78 is 55.3. The first-order chi connectivity index (χ1) is 15.8. The highest BCUT2D eigenvalue weighted by atomic mass is 32.2. The van der Waals surface area contributed by atoms with E-state index in [0.29, 0.717) is 17.8 Å². The summed E-state index contributed by atoms with van der Waals surface area (Å²) >= 11 is 0. The molecule has 0 heterocycles. The van der Waals surface area contributed by atoms with Gasteiger partial charge in [0, 0.05) is 11.4 Å². The molecule has 4 aromatic carbocycles. The van der Waals surface area contributed by atoms with Gasteiger partial charge in [-0.1, -0.05) is 60.7 Å². The average Bonchev–Trinajstić information content (AvgIpc) is 2.81. The fraction of sp³-hybridized carbons (Fsp3) is 0.0400. The third-order valence-corrected chi connectivity index (χ3v) is 7.72. The Balaban J connectivity index is 1.43. The molecule has 4 aromatic rings. The van der Waals surface area contributed by atoms with Crippen molar-refractivity contribution in [3.05, 3.63) is 120 Å². The Labute approximate surface area is 194 Å². The highest BCUT2D eigenvalue weighted by Gasteiger charge is 2.15. The van der Waals surface area contributed by atoms with Gasteiger partial charge >= 0.3 is 0 Å². The normalized spacial score (nSPS) is 11.6. The van der Waals surface area contributed by atoms with Gasteiger partial charge < -0.3 is 0 Å². The molecule has 0 saturated heterocycles. The van der Waals surface area contributed by atoms with Gasteiger partial charge in [-0.05, 0) is 66.1 Å². The predicted molar refractivity (Wildman–Crippen MR) is 130 cm³/mol. The Bertz CT molecular complexity index is 1310. The van der Waals surface area contributed by atoms with Crippen molar-refractivity contribution in [2.24, 2.45) is 0 Å². The molecule has 33 heavy (non-hydrogen) atoms. The summed E-state index contributed by atoms with van der Waals surface area (Å²) in [6.45, 7) is 0. The van der Waals surface area contributed by atoms with E-state index in [1.54, 1.807) is 97.1 Å². The van der Waals surface area contributed by atoms with E-state index in [9.17, 15) is 16.8 Å². The van der Waals surface area contributed by atoms with Crippen LogP contribution in [0.15, 0.2) is 119 Å². The molecule has 4 rings (SSSR count). The molecule has 0 bridgehead atoms. The summed E-state index contributed by atoms with van der Waals surface area (Å²) in [5.41, 5.74) is 2.81. The van der Waals surface area contributed by atoms with E-state index in [-0.39, 0.29) is 9.79 Å². The first-order valence-electron chi connectivity index (χ1n) is 10.2. The largest absolute Gasteiger partial charge is 0.280 e. The third kappa shape index (κ3) is 5.79. The van der Waals surface area contributed by atoms with E-state index < -0.39 is 20.0 Å². The van der Waals surface area contributed by atoms with Gasteiger partial charge in [-0.15, -0.1) is 0 Å². The smallest absolute Gasteiger partial charge is 0.261 e. The van der Waals surface area contributed by atoms with Crippen LogP contribution >= 0.6 is 0 Å². The van der Waals surface area contributed by atoms with Gasteiger partial charge in [0.2, 0.25) is 0 Å². The molecule has 0 aromatic heterocycles. The van der Waals surface area contributed by atoms with Crippen LogP contribution in [0, 0.1) is 0 Å². The molecule has 2 N–H and O–H groups in total. The van der Waals surface area contributed by atoms with E-state index in [4.69, 9.17) is 0 Å². The molecule has 0 atom stereocenters. The van der Waals surface area contributed by atoms with Crippen LogP contribution in [0.2, 0.25) is 0 Å². The Kier molecular flexibility index (Phi) is 6.48. The van der Waals surface area contributed by atoms with Gasteiger partial charge in [0.05, 0.1) is 9.79 Å². The molecule has 0 aliphatic heterocycles. The zero-order valence-electron chi connectivity index (χ0n) is 17.5. The number of nitrogens with one attached hydrogen (secondary N) is 2. The lowest BCUT2D eigenvalue weighted by Crippen LogP contribution is -2.13. The topological polar surface area (TPSA) is 92.3 Å². The van der Waals surface area contributed by atoms with Crippen LogP contribution in [-0.2, 0) is 26.5 Å². The maximum absolute atomic E-state index is 12.6. The number of para-hydroxylation sites is 2. The third-order valence-electron chi connectivity index (χ3n) is 4.93. The second-order valence-corrected chi connectivity index (χ2v) is 10.8. The molecule has 0 aliphatic rings. The number of anilines is 2. The van der Waals surface area contributed by atoms with Crippen LogP contribution in [0.5, 0.6) is 0 Å². The van der Waals surface area contributed by atoms with E-state index in [2.05, 4.69) is 9.44 Å². The molecular formula is C25H22N2O4S2. The SMILES string of the molecule is O=S(=O)(Nc1ccccc1)c1ccc(Cc2ccc(S(=O)(=O)Nc3ccccc3)cc2)cc1. The fourth-order valence-corrected chi connectivity index (χ4v) is 5.37. The van der Waals surface area contributed by atoms with Crippen LogP contribution in [0.3, 0.4) is 0 Å². The number of rotatable bonds is 8. The van der Waals surface area contributed by atoms with Crippen molar-refractivity contribution in [1.82, 2.24) is 0 Å². The first kappa shape index (κ1) is 22.6. The zero-order valence-corrected chi connectivity index (χ0v) is 19.2. The Morgan fingerprint density at radius 3 is 1.12 bits per heavy atom. The first-order valence-corrected chi connectivity index (χ1v) is 13.1. The van der Waals surface area contributed by atoms with Crippen LogP contribution in [-0.4, -0.2) is 16.8 Å². The summed E-state index contributed by atoms with van der Waals surface area (Å²) in [5.74, 6) is 0. The van der Waals surface area contributed by atoms with Crippen molar-refractivity contribution in [2.75, 3.05) is 9.44 Å². The minimum absolute atomic E-state index is 0.170. The van der Waals surface area contributed by atoms with Gasteiger partial charge in [0.1, 0.15) is 0 Å². The van der Waals surface area contributed by atoms with Crippen molar-refractivity contribution in [3.63, 3.8) is 0 Å². The van der Waals surface area contributed by atoms with Gasteiger partial charge in [-0.2, -0.15) is 0 Å². The summed E-state index contributed by atoms with van der Waals surface area (Å²) in [6, 6.07) is 30.6. The quantitative estimate of drug-likeness (QED) is 0.378. The summed E-state index contributed by atoms with van der Waals surface area (Å²) in [5, 5.41) is 0. The predicted octanol–water partition coefficient (Wildman–Crippen LogP) is 4.88. The van der Waals surface area contributed by atoms with E-state index in [1.807, 2.05) is 12.1 Å². The molecule has 0 spiro atoms. The highest BCUT2D eigenvalue weighted by molar-refractivity contribution is 7.93. The van der Waals surface area contributed by atoms with E-state index in [0.717, 1.165) is 11.1 Å². The lowest BCUT2D eigenvalue weighted by atomic mass is 10.1.